The summed E-state index contributed by atoms with van der Waals surface area (Å²) in [4.78, 5) is 4.66. The van der Waals surface area contributed by atoms with Crippen LogP contribution in [-0.4, -0.2) is 68.7 Å². The standard InChI is InChI=1S/C15H23N5O2/c1-13-9-15(22-17-13)12-19-7-5-18(6-8-19)10-14(21)11-20-4-2-3-16-20/h2-4,9,14,21H,5-8,10-12H2,1H3. The third-order valence-electron chi connectivity index (χ3n) is 3.95. The Bertz CT molecular complexity index is 560. The minimum atomic E-state index is -0.386. The third kappa shape index (κ3) is 4.16. The van der Waals surface area contributed by atoms with Crippen LogP contribution in [0.2, 0.25) is 0 Å². The van der Waals surface area contributed by atoms with Crippen LogP contribution < -0.4 is 0 Å². The molecule has 1 N–H and O–H groups in total. The molecule has 1 fully saturated rings. The fourth-order valence-corrected chi connectivity index (χ4v) is 2.82. The fourth-order valence-electron chi connectivity index (χ4n) is 2.82. The number of aromatic nitrogens is 3. The molecule has 0 radical (unpaired) electrons. The van der Waals surface area contributed by atoms with E-state index in [2.05, 4.69) is 20.1 Å². The first kappa shape index (κ1) is 15.2. The van der Waals surface area contributed by atoms with Gasteiger partial charge in [0.2, 0.25) is 0 Å². The molecule has 2 aromatic rings. The van der Waals surface area contributed by atoms with Crippen LogP contribution in [0.3, 0.4) is 0 Å². The van der Waals surface area contributed by atoms with Gasteiger partial charge in [0.25, 0.3) is 0 Å². The van der Waals surface area contributed by atoms with Crippen LogP contribution >= 0.6 is 0 Å². The molecule has 0 bridgehead atoms. The molecule has 7 nitrogen and oxygen atoms in total. The van der Waals surface area contributed by atoms with Gasteiger partial charge in [0, 0.05) is 51.2 Å². The lowest BCUT2D eigenvalue weighted by Gasteiger charge is -2.35. The van der Waals surface area contributed by atoms with Gasteiger partial charge in [-0.15, -0.1) is 0 Å². The largest absolute Gasteiger partial charge is 0.390 e. The summed E-state index contributed by atoms with van der Waals surface area (Å²) in [6, 6.07) is 3.86. The van der Waals surface area contributed by atoms with Crippen molar-refractivity contribution in [3.8, 4) is 0 Å². The van der Waals surface area contributed by atoms with Crippen molar-refractivity contribution >= 4 is 0 Å². The number of rotatable bonds is 6. The fraction of sp³-hybridized carbons (Fsp3) is 0.600. The Kier molecular flexibility index (Phi) is 4.87. The zero-order valence-electron chi connectivity index (χ0n) is 12.9. The maximum absolute atomic E-state index is 10.1. The van der Waals surface area contributed by atoms with Crippen LogP contribution in [0.15, 0.2) is 29.0 Å². The topological polar surface area (TPSA) is 70.6 Å². The van der Waals surface area contributed by atoms with E-state index >= 15 is 0 Å². The highest BCUT2D eigenvalue weighted by atomic mass is 16.5. The quantitative estimate of drug-likeness (QED) is 0.831. The smallest absolute Gasteiger partial charge is 0.150 e. The van der Waals surface area contributed by atoms with E-state index in [1.165, 1.54) is 0 Å². The second-order valence-electron chi connectivity index (χ2n) is 5.89. The molecule has 0 aromatic carbocycles. The monoisotopic (exact) mass is 305 g/mol. The Balaban J connectivity index is 1.39. The number of nitrogens with zero attached hydrogens (tertiary/aromatic N) is 5. The number of hydrogen-bond donors (Lipinski definition) is 1. The molecule has 2 aromatic heterocycles. The summed E-state index contributed by atoms with van der Waals surface area (Å²) in [5.74, 6) is 0.921. The SMILES string of the molecule is Cc1cc(CN2CCN(CC(O)Cn3cccn3)CC2)on1. The van der Waals surface area contributed by atoms with E-state index < -0.39 is 0 Å². The Labute approximate surface area is 130 Å². The summed E-state index contributed by atoms with van der Waals surface area (Å²) in [6.45, 7) is 7.87. The van der Waals surface area contributed by atoms with Crippen molar-refractivity contribution in [2.45, 2.75) is 26.1 Å². The Morgan fingerprint density at radius 3 is 2.64 bits per heavy atom. The average Bonchev–Trinajstić information content (AvgIpc) is 3.13. The molecule has 3 heterocycles. The van der Waals surface area contributed by atoms with Crippen LogP contribution in [0, 0.1) is 6.92 Å². The molecular weight excluding hydrogens is 282 g/mol. The molecule has 0 spiro atoms. The molecule has 1 atom stereocenters. The number of hydrogen-bond acceptors (Lipinski definition) is 6. The number of aliphatic hydroxyl groups excluding tert-OH is 1. The average molecular weight is 305 g/mol. The minimum absolute atomic E-state index is 0.386. The van der Waals surface area contributed by atoms with Crippen LogP contribution in [0.25, 0.3) is 0 Å². The van der Waals surface area contributed by atoms with E-state index in [4.69, 9.17) is 4.52 Å². The van der Waals surface area contributed by atoms with Crippen LogP contribution in [-0.2, 0) is 13.1 Å². The second kappa shape index (κ2) is 7.04. The Morgan fingerprint density at radius 1 is 1.23 bits per heavy atom. The summed E-state index contributed by atoms with van der Waals surface area (Å²) in [5.41, 5.74) is 0.926. The molecule has 120 valence electrons. The first-order chi connectivity index (χ1) is 10.7. The van der Waals surface area contributed by atoms with Gasteiger partial charge in [0.1, 0.15) is 0 Å². The zero-order chi connectivity index (χ0) is 15.4. The molecule has 0 saturated carbocycles. The maximum Gasteiger partial charge on any atom is 0.150 e. The Morgan fingerprint density at radius 2 is 2.00 bits per heavy atom. The number of piperazine rings is 1. The van der Waals surface area contributed by atoms with Crippen molar-refractivity contribution in [1.29, 1.82) is 0 Å². The summed E-state index contributed by atoms with van der Waals surface area (Å²) in [7, 11) is 0. The molecular formula is C15H23N5O2. The summed E-state index contributed by atoms with van der Waals surface area (Å²) in [6.07, 6.45) is 3.22. The van der Waals surface area contributed by atoms with Crippen molar-refractivity contribution in [3.63, 3.8) is 0 Å². The summed E-state index contributed by atoms with van der Waals surface area (Å²) >= 11 is 0. The van der Waals surface area contributed by atoms with Crippen molar-refractivity contribution in [2.24, 2.45) is 0 Å². The van der Waals surface area contributed by atoms with Crippen molar-refractivity contribution < 1.29 is 9.63 Å². The molecule has 0 amide bonds. The molecule has 1 aliphatic rings. The molecule has 0 aliphatic carbocycles. The minimum Gasteiger partial charge on any atom is -0.390 e. The van der Waals surface area contributed by atoms with Crippen molar-refractivity contribution in [1.82, 2.24) is 24.7 Å². The van der Waals surface area contributed by atoms with Crippen molar-refractivity contribution in [2.75, 3.05) is 32.7 Å². The van der Waals surface area contributed by atoms with E-state index in [9.17, 15) is 5.11 Å². The lowest BCUT2D eigenvalue weighted by atomic mass is 10.2. The van der Waals surface area contributed by atoms with Crippen LogP contribution in [0.5, 0.6) is 0 Å². The first-order valence-electron chi connectivity index (χ1n) is 7.71. The van der Waals surface area contributed by atoms with Gasteiger partial charge in [-0.2, -0.15) is 5.10 Å². The van der Waals surface area contributed by atoms with E-state index in [-0.39, 0.29) is 6.10 Å². The third-order valence-corrected chi connectivity index (χ3v) is 3.95. The van der Waals surface area contributed by atoms with Gasteiger partial charge in [0.15, 0.2) is 5.76 Å². The van der Waals surface area contributed by atoms with E-state index in [0.29, 0.717) is 13.1 Å². The van der Waals surface area contributed by atoms with Crippen molar-refractivity contribution in [3.05, 3.63) is 36.0 Å². The highest BCUT2D eigenvalue weighted by Crippen LogP contribution is 2.10. The zero-order valence-corrected chi connectivity index (χ0v) is 12.9. The van der Waals surface area contributed by atoms with E-state index in [1.54, 1.807) is 10.9 Å². The number of aliphatic hydroxyl groups is 1. The predicted molar refractivity (Wildman–Crippen MR) is 81.2 cm³/mol. The summed E-state index contributed by atoms with van der Waals surface area (Å²) in [5, 5.41) is 18.2. The Hall–Kier alpha value is -1.70. The predicted octanol–water partition coefficient (Wildman–Crippen LogP) is 0.358. The number of β-amino-alcohol motifs (C(OH)–C–C–N with tert-alkyl or cyclic N) is 1. The van der Waals surface area contributed by atoms with Gasteiger partial charge in [-0.1, -0.05) is 5.16 Å². The normalized spacial score (nSPS) is 18.6. The van der Waals surface area contributed by atoms with Gasteiger partial charge in [-0.3, -0.25) is 14.5 Å². The molecule has 3 rings (SSSR count). The molecule has 7 heteroatoms. The van der Waals surface area contributed by atoms with Crippen LogP contribution in [0.4, 0.5) is 0 Å². The lowest BCUT2D eigenvalue weighted by Crippen LogP contribution is -2.48. The molecule has 1 unspecified atom stereocenters. The van der Waals surface area contributed by atoms with Crippen LogP contribution in [0.1, 0.15) is 11.5 Å². The molecule has 1 aliphatic heterocycles. The maximum atomic E-state index is 10.1. The molecule has 22 heavy (non-hydrogen) atoms. The van der Waals surface area contributed by atoms with Gasteiger partial charge >= 0.3 is 0 Å². The highest BCUT2D eigenvalue weighted by Gasteiger charge is 2.20. The molecule has 1 saturated heterocycles. The second-order valence-corrected chi connectivity index (χ2v) is 5.89. The van der Waals surface area contributed by atoms with Gasteiger partial charge < -0.3 is 9.63 Å². The van der Waals surface area contributed by atoms with Gasteiger partial charge in [-0.05, 0) is 13.0 Å². The van der Waals surface area contributed by atoms with E-state index in [1.807, 2.05) is 25.3 Å². The van der Waals surface area contributed by atoms with Gasteiger partial charge in [0.05, 0.1) is 24.9 Å². The summed E-state index contributed by atoms with van der Waals surface area (Å²) < 4.78 is 7.03. The highest BCUT2D eigenvalue weighted by molar-refractivity contribution is 5.03. The number of aryl methyl sites for hydroxylation is 1. The van der Waals surface area contributed by atoms with E-state index in [0.717, 1.165) is 44.2 Å². The lowest BCUT2D eigenvalue weighted by molar-refractivity contribution is 0.0580. The first-order valence-corrected chi connectivity index (χ1v) is 7.71. The van der Waals surface area contributed by atoms with Gasteiger partial charge in [-0.25, -0.2) is 0 Å².